The summed E-state index contributed by atoms with van der Waals surface area (Å²) in [4.78, 5) is 25.3. The number of benzene rings is 3. The third-order valence-electron chi connectivity index (χ3n) is 6.50. The van der Waals surface area contributed by atoms with E-state index in [9.17, 15) is 9.59 Å². The Morgan fingerprint density at radius 3 is 2.28 bits per heavy atom. The average Bonchev–Trinajstić information content (AvgIpc) is 2.97. The molecule has 2 saturated heterocycles. The second-order valence-corrected chi connectivity index (χ2v) is 9.39. The summed E-state index contributed by atoms with van der Waals surface area (Å²) in [5.74, 6) is -0.893. The normalized spacial score (nSPS) is 26.5. The summed E-state index contributed by atoms with van der Waals surface area (Å²) >= 11 is 0. The fourth-order valence-electron chi connectivity index (χ4n) is 4.68. The number of fused-ring (bicyclic) bond motifs is 1. The summed E-state index contributed by atoms with van der Waals surface area (Å²) in [5, 5.41) is 2.87. The second-order valence-electron chi connectivity index (χ2n) is 9.39. The van der Waals surface area contributed by atoms with Gasteiger partial charge in [-0.2, -0.15) is 0 Å². The van der Waals surface area contributed by atoms with Crippen LogP contribution in [0.1, 0.15) is 29.9 Å². The molecule has 202 valence electrons. The van der Waals surface area contributed by atoms with Crippen molar-refractivity contribution in [1.29, 1.82) is 0 Å². The number of ether oxygens (including phenoxy) is 5. The number of carbonyl (C=O) groups is 2. The van der Waals surface area contributed by atoms with Crippen LogP contribution in [0.15, 0.2) is 97.1 Å². The monoisotopic (exact) mass is 529 g/mol. The molecule has 2 aliphatic heterocycles. The van der Waals surface area contributed by atoms with Gasteiger partial charge in [-0.15, -0.1) is 0 Å². The Morgan fingerprint density at radius 2 is 1.59 bits per heavy atom. The van der Waals surface area contributed by atoms with Crippen molar-refractivity contribution in [3.05, 3.63) is 114 Å². The zero-order valence-corrected chi connectivity index (χ0v) is 21.6. The predicted molar refractivity (Wildman–Crippen MR) is 143 cm³/mol. The Kier molecular flexibility index (Phi) is 8.80. The number of rotatable bonds is 8. The molecule has 0 aliphatic carbocycles. The number of hydrogen-bond acceptors (Lipinski definition) is 7. The molecule has 0 spiro atoms. The largest absolute Gasteiger partial charge is 0.454 e. The third kappa shape index (κ3) is 6.99. The highest BCUT2D eigenvalue weighted by atomic mass is 16.8. The predicted octanol–water partition coefficient (Wildman–Crippen LogP) is 4.17. The molecule has 0 aromatic heterocycles. The molecule has 2 fully saturated rings. The van der Waals surface area contributed by atoms with Gasteiger partial charge in [-0.3, -0.25) is 4.79 Å². The summed E-state index contributed by atoms with van der Waals surface area (Å²) in [6.45, 7) is 1.82. The van der Waals surface area contributed by atoms with Crippen molar-refractivity contribution in [2.45, 2.75) is 50.5 Å². The van der Waals surface area contributed by atoms with Crippen molar-refractivity contribution in [2.24, 2.45) is 0 Å². The van der Waals surface area contributed by atoms with E-state index in [4.69, 9.17) is 23.7 Å². The molecule has 0 unspecified atom stereocenters. The minimum Gasteiger partial charge on any atom is -0.454 e. The highest BCUT2D eigenvalue weighted by Crippen LogP contribution is 2.36. The first kappa shape index (κ1) is 26.8. The molecule has 8 heteroatoms. The molecule has 1 amide bonds. The molecule has 2 aliphatic rings. The van der Waals surface area contributed by atoms with Crippen molar-refractivity contribution < 1.29 is 33.3 Å². The lowest BCUT2D eigenvalue weighted by atomic mass is 9.95. The van der Waals surface area contributed by atoms with Gasteiger partial charge in [0.1, 0.15) is 18.2 Å². The zero-order chi connectivity index (χ0) is 27.0. The van der Waals surface area contributed by atoms with Crippen molar-refractivity contribution in [3.8, 4) is 0 Å². The molecule has 1 N–H and O–H groups in total. The van der Waals surface area contributed by atoms with E-state index in [-0.39, 0.29) is 19.1 Å². The Hall–Kier alpha value is -3.82. The molecule has 8 nitrogen and oxygen atoms in total. The van der Waals surface area contributed by atoms with Gasteiger partial charge in [0.2, 0.25) is 5.91 Å². The fourth-order valence-corrected chi connectivity index (χ4v) is 4.68. The van der Waals surface area contributed by atoms with Crippen LogP contribution >= 0.6 is 0 Å². The number of esters is 1. The molecular formula is C31H31NO7. The highest BCUT2D eigenvalue weighted by Gasteiger charge is 2.52. The number of nitrogens with one attached hydrogen (secondary N) is 1. The molecule has 0 saturated carbocycles. The van der Waals surface area contributed by atoms with E-state index in [2.05, 4.69) is 5.32 Å². The van der Waals surface area contributed by atoms with Crippen molar-refractivity contribution in [1.82, 2.24) is 5.32 Å². The standard InChI is InChI=1S/C31H31NO7/c1-21(33)32-27-29(38-26(34)18-17-22-11-5-2-6-12-22)28-25(20-36-30(39-28)24-15-9-4-10-16-24)37-31(27)35-19-23-13-7-3-8-14-23/h2-18,25,27-31H,19-20H2,1H3,(H,32,33)/t25-,27+,28-,29-,30+,31+/m1/s1. The van der Waals surface area contributed by atoms with Crippen LogP contribution in [0, 0.1) is 0 Å². The topological polar surface area (TPSA) is 92.3 Å². The van der Waals surface area contributed by atoms with Crippen molar-refractivity contribution >= 4 is 18.0 Å². The van der Waals surface area contributed by atoms with Gasteiger partial charge in [-0.1, -0.05) is 91.0 Å². The number of hydrogen-bond donors (Lipinski definition) is 1. The minimum atomic E-state index is -0.910. The SMILES string of the molecule is CC(=O)N[C@@H]1[C@@H](OCc2ccccc2)O[C@@H]2CO[C@H](c3ccccc3)O[C@H]2[C@@H]1OC(=O)C=Cc1ccccc1. The Bertz CT molecular complexity index is 1250. The van der Waals surface area contributed by atoms with Crippen molar-refractivity contribution in [3.63, 3.8) is 0 Å². The summed E-state index contributed by atoms with van der Waals surface area (Å²) in [6.07, 6.45) is -0.773. The van der Waals surface area contributed by atoms with E-state index in [1.807, 2.05) is 91.0 Å². The molecule has 39 heavy (non-hydrogen) atoms. The van der Waals surface area contributed by atoms with E-state index < -0.39 is 42.9 Å². The van der Waals surface area contributed by atoms with Crippen LogP contribution in [-0.4, -0.2) is 49.1 Å². The number of amides is 1. The van der Waals surface area contributed by atoms with Gasteiger partial charge in [0.15, 0.2) is 18.7 Å². The minimum absolute atomic E-state index is 0.191. The molecular weight excluding hydrogens is 498 g/mol. The van der Waals surface area contributed by atoms with Gasteiger partial charge >= 0.3 is 5.97 Å². The Morgan fingerprint density at radius 1 is 0.923 bits per heavy atom. The lowest BCUT2D eigenvalue weighted by Crippen LogP contribution is -2.67. The van der Waals surface area contributed by atoms with E-state index in [0.29, 0.717) is 0 Å². The van der Waals surface area contributed by atoms with Gasteiger partial charge in [0.05, 0.1) is 13.2 Å². The highest BCUT2D eigenvalue weighted by molar-refractivity contribution is 5.87. The first-order valence-corrected chi connectivity index (χ1v) is 12.9. The molecule has 3 aromatic rings. The van der Waals surface area contributed by atoms with E-state index in [0.717, 1.165) is 16.7 Å². The van der Waals surface area contributed by atoms with Crippen molar-refractivity contribution in [2.75, 3.05) is 6.61 Å². The smallest absolute Gasteiger partial charge is 0.331 e. The van der Waals surface area contributed by atoms with Crippen LogP contribution in [-0.2, 0) is 39.9 Å². The lowest BCUT2D eigenvalue weighted by molar-refractivity contribution is -0.346. The Balaban J connectivity index is 1.40. The van der Waals surface area contributed by atoms with Crippen LogP contribution in [0.5, 0.6) is 0 Å². The van der Waals surface area contributed by atoms with Crippen LogP contribution in [0.4, 0.5) is 0 Å². The maximum Gasteiger partial charge on any atom is 0.331 e. The van der Waals surface area contributed by atoms with E-state index in [1.54, 1.807) is 6.08 Å². The molecule has 5 rings (SSSR count). The maximum absolute atomic E-state index is 13.0. The summed E-state index contributed by atoms with van der Waals surface area (Å²) in [6, 6.07) is 27.7. The fraction of sp³-hybridized carbons (Fsp3) is 0.290. The van der Waals surface area contributed by atoms with Crippen LogP contribution in [0.25, 0.3) is 6.08 Å². The third-order valence-corrected chi connectivity index (χ3v) is 6.50. The lowest BCUT2D eigenvalue weighted by Gasteiger charge is -2.48. The quantitative estimate of drug-likeness (QED) is 0.346. The first-order chi connectivity index (χ1) is 19.1. The zero-order valence-electron chi connectivity index (χ0n) is 21.6. The van der Waals surface area contributed by atoms with Gasteiger partial charge in [0.25, 0.3) is 0 Å². The molecule has 6 atom stereocenters. The number of carbonyl (C=O) groups excluding carboxylic acids is 2. The second kappa shape index (κ2) is 12.8. The van der Waals surface area contributed by atoms with Crippen LogP contribution < -0.4 is 5.32 Å². The van der Waals surface area contributed by atoms with Gasteiger partial charge in [-0.25, -0.2) is 4.79 Å². The molecule has 0 radical (unpaired) electrons. The van der Waals surface area contributed by atoms with Gasteiger partial charge in [0, 0.05) is 18.6 Å². The van der Waals surface area contributed by atoms with Gasteiger partial charge in [-0.05, 0) is 17.2 Å². The van der Waals surface area contributed by atoms with E-state index in [1.165, 1.54) is 13.0 Å². The Labute approximate surface area is 227 Å². The first-order valence-electron chi connectivity index (χ1n) is 12.9. The van der Waals surface area contributed by atoms with E-state index >= 15 is 0 Å². The summed E-state index contributed by atoms with van der Waals surface area (Å²) in [7, 11) is 0. The van der Waals surface area contributed by atoms with Crippen LogP contribution in [0.2, 0.25) is 0 Å². The average molecular weight is 530 g/mol. The molecule has 0 bridgehead atoms. The summed E-state index contributed by atoms with van der Waals surface area (Å²) < 4.78 is 30.7. The molecule has 2 heterocycles. The molecule has 3 aromatic carbocycles. The van der Waals surface area contributed by atoms with Crippen LogP contribution in [0.3, 0.4) is 0 Å². The maximum atomic E-state index is 13.0. The van der Waals surface area contributed by atoms with Gasteiger partial charge < -0.3 is 29.0 Å². The summed E-state index contributed by atoms with van der Waals surface area (Å²) in [5.41, 5.74) is 2.61.